The number of aromatic hydroxyl groups is 1. The van der Waals surface area contributed by atoms with Crippen molar-refractivity contribution in [1.82, 2.24) is 15.5 Å². The van der Waals surface area contributed by atoms with Crippen LogP contribution in [0.1, 0.15) is 50.7 Å². The van der Waals surface area contributed by atoms with Crippen LogP contribution in [0.5, 0.6) is 11.5 Å². The molecule has 0 fully saturated rings. The Bertz CT molecular complexity index is 1120. The van der Waals surface area contributed by atoms with Crippen molar-refractivity contribution in [2.24, 2.45) is 0 Å². The Morgan fingerprint density at radius 2 is 1.95 bits per heavy atom. The summed E-state index contributed by atoms with van der Waals surface area (Å²) in [7, 11) is 0. The lowest BCUT2D eigenvalue weighted by Gasteiger charge is -2.30. The quantitative estimate of drug-likeness (QED) is 0.180. The summed E-state index contributed by atoms with van der Waals surface area (Å²) in [5, 5.41) is 19.5. The Morgan fingerprint density at radius 3 is 2.72 bits per heavy atom. The minimum absolute atomic E-state index is 0.0145. The Morgan fingerprint density at radius 1 is 1.18 bits per heavy atom. The first-order valence-corrected chi connectivity index (χ1v) is 14.1. The highest BCUT2D eigenvalue weighted by Crippen LogP contribution is 2.39. The van der Waals surface area contributed by atoms with Crippen LogP contribution in [-0.4, -0.2) is 67.2 Å². The molecule has 1 aliphatic heterocycles. The standard InChI is InChI=1S/C29H40ClFN4O4/c1-3-4-5-20(2)35(27(38)12-15-32-13-10-21-6-8-24(31)23(30)18-21)17-16-33-14-11-22-7-9-25(36)28-29(22)39-19-26(37)34-28/h6-9,18,20,32-33,36H,3-5,10-17,19H2,1-2H3,(H,34,37)/t20-/m1/s1. The maximum absolute atomic E-state index is 13.3. The minimum atomic E-state index is -0.422. The number of hydrogen-bond donors (Lipinski definition) is 4. The minimum Gasteiger partial charge on any atom is -0.506 e. The second-order valence-corrected chi connectivity index (χ2v) is 10.3. The number of unbranched alkanes of at least 4 members (excludes halogenated alkanes) is 1. The van der Waals surface area contributed by atoms with E-state index in [0.29, 0.717) is 63.4 Å². The van der Waals surface area contributed by atoms with Gasteiger partial charge in [-0.25, -0.2) is 4.39 Å². The Kier molecular flexibility index (Phi) is 12.3. The molecular formula is C29H40ClFN4O4. The smallest absolute Gasteiger partial charge is 0.262 e. The summed E-state index contributed by atoms with van der Waals surface area (Å²) in [6.07, 6.45) is 4.88. The Hall–Kier alpha value is -2.88. The van der Waals surface area contributed by atoms with E-state index in [2.05, 4.69) is 29.8 Å². The number of anilines is 1. The van der Waals surface area contributed by atoms with Crippen LogP contribution < -0.4 is 20.7 Å². The zero-order chi connectivity index (χ0) is 28.2. The van der Waals surface area contributed by atoms with E-state index in [9.17, 15) is 19.1 Å². The summed E-state index contributed by atoms with van der Waals surface area (Å²) in [6.45, 7) is 7.35. The lowest BCUT2D eigenvalue weighted by molar-refractivity contribution is -0.133. The van der Waals surface area contributed by atoms with E-state index in [1.54, 1.807) is 24.3 Å². The van der Waals surface area contributed by atoms with Gasteiger partial charge in [0.25, 0.3) is 5.91 Å². The summed E-state index contributed by atoms with van der Waals surface area (Å²) in [5.74, 6) is -0.0951. The van der Waals surface area contributed by atoms with Crippen LogP contribution >= 0.6 is 11.6 Å². The van der Waals surface area contributed by atoms with E-state index in [1.165, 1.54) is 6.07 Å². The monoisotopic (exact) mass is 562 g/mol. The van der Waals surface area contributed by atoms with Gasteiger partial charge < -0.3 is 30.7 Å². The van der Waals surface area contributed by atoms with Crippen LogP contribution in [0.25, 0.3) is 0 Å². The number of carbonyl (C=O) groups is 2. The van der Waals surface area contributed by atoms with Gasteiger partial charge in [0.15, 0.2) is 12.4 Å². The number of nitrogens with one attached hydrogen (secondary N) is 3. The summed E-state index contributed by atoms with van der Waals surface area (Å²) in [5.41, 5.74) is 2.17. The van der Waals surface area contributed by atoms with Crippen molar-refractivity contribution in [1.29, 1.82) is 0 Å². The van der Waals surface area contributed by atoms with Gasteiger partial charge >= 0.3 is 0 Å². The molecule has 4 N–H and O–H groups in total. The number of phenolic OH excluding ortho intramolecular Hbond substituents is 1. The van der Waals surface area contributed by atoms with Gasteiger partial charge in [0.1, 0.15) is 17.3 Å². The SMILES string of the molecule is CCCC[C@@H](C)N(CCNCCc1ccc(O)c2c1OCC(=O)N2)C(=O)CCNCCc1ccc(F)c(Cl)c1. The van der Waals surface area contributed by atoms with Gasteiger partial charge in [-0.1, -0.05) is 43.5 Å². The number of nitrogens with zero attached hydrogens (tertiary/aromatic N) is 1. The first kappa shape index (κ1) is 30.7. The number of amides is 2. The summed E-state index contributed by atoms with van der Waals surface area (Å²) >= 11 is 5.85. The fraction of sp³-hybridized carbons (Fsp3) is 0.517. The molecule has 10 heteroatoms. The Labute approximate surface area is 235 Å². The molecule has 0 aromatic heterocycles. The number of benzene rings is 2. The van der Waals surface area contributed by atoms with Gasteiger partial charge in [-0.3, -0.25) is 9.59 Å². The molecule has 3 rings (SSSR count). The van der Waals surface area contributed by atoms with Crippen LogP contribution in [0.4, 0.5) is 10.1 Å². The van der Waals surface area contributed by atoms with E-state index in [1.807, 2.05) is 4.90 Å². The lowest BCUT2D eigenvalue weighted by atomic mass is 10.1. The molecule has 8 nitrogen and oxygen atoms in total. The molecule has 0 saturated heterocycles. The van der Waals surface area contributed by atoms with Gasteiger partial charge in [-0.15, -0.1) is 0 Å². The van der Waals surface area contributed by atoms with Gasteiger partial charge in [0.2, 0.25) is 5.91 Å². The van der Waals surface area contributed by atoms with Gasteiger partial charge in [-0.2, -0.15) is 0 Å². The molecule has 1 heterocycles. The van der Waals surface area contributed by atoms with Crippen molar-refractivity contribution < 1.29 is 23.8 Å². The third-order valence-electron chi connectivity index (χ3n) is 6.85. The first-order valence-electron chi connectivity index (χ1n) is 13.7. The van der Waals surface area contributed by atoms with E-state index in [4.69, 9.17) is 16.3 Å². The first-order chi connectivity index (χ1) is 18.8. The molecule has 2 amide bonds. The average molecular weight is 563 g/mol. The highest BCUT2D eigenvalue weighted by molar-refractivity contribution is 6.30. The number of carbonyl (C=O) groups excluding carboxylic acids is 2. The number of rotatable bonds is 16. The summed E-state index contributed by atoms with van der Waals surface area (Å²) in [4.78, 5) is 26.7. The van der Waals surface area contributed by atoms with Crippen molar-refractivity contribution in [3.8, 4) is 11.5 Å². The number of halogens is 2. The normalized spacial score (nSPS) is 13.4. The molecule has 0 spiro atoms. The number of phenols is 1. The molecule has 2 aromatic carbocycles. The zero-order valence-electron chi connectivity index (χ0n) is 22.8. The van der Waals surface area contributed by atoms with Crippen LogP contribution in [0.15, 0.2) is 30.3 Å². The predicted molar refractivity (Wildman–Crippen MR) is 152 cm³/mol. The molecule has 0 saturated carbocycles. The molecule has 0 radical (unpaired) electrons. The maximum atomic E-state index is 13.3. The van der Waals surface area contributed by atoms with E-state index >= 15 is 0 Å². The molecule has 0 aliphatic carbocycles. The van der Waals surface area contributed by atoms with Crippen LogP contribution in [0, 0.1) is 5.82 Å². The molecular weight excluding hydrogens is 523 g/mol. The van der Waals surface area contributed by atoms with Gasteiger partial charge in [0.05, 0.1) is 5.02 Å². The fourth-order valence-electron chi connectivity index (χ4n) is 4.60. The molecule has 1 atom stereocenters. The molecule has 0 bridgehead atoms. The molecule has 214 valence electrons. The number of hydrogen-bond acceptors (Lipinski definition) is 6. The number of ether oxygens (including phenoxy) is 1. The average Bonchev–Trinajstić information content (AvgIpc) is 2.92. The molecule has 0 unspecified atom stereocenters. The Balaban J connectivity index is 1.43. The molecule has 39 heavy (non-hydrogen) atoms. The van der Waals surface area contributed by atoms with Gasteiger partial charge in [0, 0.05) is 32.1 Å². The lowest BCUT2D eigenvalue weighted by Crippen LogP contribution is -2.43. The zero-order valence-corrected chi connectivity index (χ0v) is 23.6. The van der Waals surface area contributed by atoms with Crippen molar-refractivity contribution in [2.45, 2.75) is 58.4 Å². The van der Waals surface area contributed by atoms with E-state index < -0.39 is 5.82 Å². The van der Waals surface area contributed by atoms with Crippen LogP contribution in [0.3, 0.4) is 0 Å². The second-order valence-electron chi connectivity index (χ2n) is 9.86. The third-order valence-corrected chi connectivity index (χ3v) is 7.14. The van der Waals surface area contributed by atoms with Crippen LogP contribution in [0.2, 0.25) is 5.02 Å². The van der Waals surface area contributed by atoms with E-state index in [0.717, 1.165) is 30.4 Å². The summed E-state index contributed by atoms with van der Waals surface area (Å²) in [6, 6.07) is 8.24. The van der Waals surface area contributed by atoms with Crippen molar-refractivity contribution in [3.63, 3.8) is 0 Å². The highest BCUT2D eigenvalue weighted by atomic mass is 35.5. The number of fused-ring (bicyclic) bond motifs is 1. The predicted octanol–water partition coefficient (Wildman–Crippen LogP) is 4.28. The van der Waals surface area contributed by atoms with Gasteiger partial charge in [-0.05, 0) is 68.6 Å². The molecule has 2 aromatic rings. The second kappa shape index (κ2) is 15.6. The van der Waals surface area contributed by atoms with Crippen LogP contribution in [-0.2, 0) is 22.4 Å². The topological polar surface area (TPSA) is 103 Å². The van der Waals surface area contributed by atoms with Crippen molar-refractivity contribution in [3.05, 3.63) is 52.3 Å². The van der Waals surface area contributed by atoms with Crippen molar-refractivity contribution in [2.75, 3.05) is 44.6 Å². The third kappa shape index (κ3) is 9.37. The largest absolute Gasteiger partial charge is 0.506 e. The van der Waals surface area contributed by atoms with Crippen molar-refractivity contribution >= 4 is 29.1 Å². The molecule has 1 aliphatic rings. The van der Waals surface area contributed by atoms with E-state index in [-0.39, 0.29) is 35.2 Å². The highest BCUT2D eigenvalue weighted by Gasteiger charge is 2.22. The summed E-state index contributed by atoms with van der Waals surface area (Å²) < 4.78 is 18.9. The maximum Gasteiger partial charge on any atom is 0.262 e. The fourth-order valence-corrected chi connectivity index (χ4v) is 4.80.